The van der Waals surface area contributed by atoms with E-state index in [0.29, 0.717) is 0 Å². The Morgan fingerprint density at radius 1 is 1.18 bits per heavy atom. The smallest absolute Gasteiger partial charge is 0.129 e. The van der Waals surface area contributed by atoms with Gasteiger partial charge in [-0.15, -0.1) is 18.7 Å². The van der Waals surface area contributed by atoms with Crippen LogP contribution in [-0.2, 0) is 0 Å². The fraction of sp³-hybridized carbons (Fsp3) is 0.600. The lowest BCUT2D eigenvalue weighted by atomic mass is 9.89. The van der Waals surface area contributed by atoms with Gasteiger partial charge in [0.25, 0.3) is 0 Å². The molecule has 1 nitrogen and oxygen atoms in total. The molecule has 17 heavy (non-hydrogen) atoms. The van der Waals surface area contributed by atoms with Gasteiger partial charge in [0.15, 0.2) is 0 Å². The highest BCUT2D eigenvalue weighted by Crippen LogP contribution is 2.24. The van der Waals surface area contributed by atoms with Crippen LogP contribution in [-0.4, -0.2) is 32.6 Å². The van der Waals surface area contributed by atoms with Crippen LogP contribution >= 0.6 is 0 Å². The normalized spacial score (nSPS) is 14.7. The number of allylic oxidation sites excluding steroid dienone is 1. The molecule has 0 aliphatic heterocycles. The third kappa shape index (κ3) is 5.91. The quantitative estimate of drug-likeness (QED) is 0.394. The molecule has 0 N–H and O–H groups in total. The standard InChI is InChI=1S/C15H27NSi/c1-8-10-12-15(11-9-2,16(3)4)13-14-17(5,6)7/h8-9H,1-2,10-12H2,3-7H3. The van der Waals surface area contributed by atoms with Crippen molar-refractivity contribution in [3.8, 4) is 11.5 Å². The van der Waals surface area contributed by atoms with Crippen molar-refractivity contribution in [1.82, 2.24) is 4.90 Å². The van der Waals surface area contributed by atoms with Gasteiger partial charge in [0, 0.05) is 0 Å². The summed E-state index contributed by atoms with van der Waals surface area (Å²) in [6.07, 6.45) is 6.87. The van der Waals surface area contributed by atoms with Gasteiger partial charge in [-0.2, -0.15) is 0 Å². The van der Waals surface area contributed by atoms with Crippen molar-refractivity contribution in [3.63, 3.8) is 0 Å². The molecule has 0 aliphatic rings. The van der Waals surface area contributed by atoms with E-state index in [1.54, 1.807) is 0 Å². The predicted molar refractivity (Wildman–Crippen MR) is 81.8 cm³/mol. The van der Waals surface area contributed by atoms with Crippen molar-refractivity contribution in [2.24, 2.45) is 0 Å². The summed E-state index contributed by atoms with van der Waals surface area (Å²) < 4.78 is 0. The molecule has 0 aromatic carbocycles. The Bertz CT molecular complexity index is 314. The van der Waals surface area contributed by atoms with Crippen molar-refractivity contribution < 1.29 is 0 Å². The molecule has 0 amide bonds. The zero-order valence-corrected chi connectivity index (χ0v) is 13.1. The van der Waals surface area contributed by atoms with Crippen molar-refractivity contribution >= 4 is 8.07 Å². The molecule has 0 aliphatic carbocycles. The molecule has 0 saturated heterocycles. The molecule has 96 valence electrons. The summed E-state index contributed by atoms with van der Waals surface area (Å²) in [4.78, 5) is 2.23. The van der Waals surface area contributed by atoms with Crippen LogP contribution in [0, 0.1) is 11.5 Å². The summed E-state index contributed by atoms with van der Waals surface area (Å²) in [6.45, 7) is 14.5. The van der Waals surface area contributed by atoms with Gasteiger partial charge in [-0.3, -0.25) is 4.90 Å². The van der Waals surface area contributed by atoms with Crippen LogP contribution in [0.25, 0.3) is 0 Å². The highest BCUT2D eigenvalue weighted by atomic mass is 28.3. The molecular formula is C15H27NSi. The lowest BCUT2D eigenvalue weighted by molar-refractivity contribution is 0.208. The fourth-order valence-corrected chi connectivity index (χ4v) is 2.22. The van der Waals surface area contributed by atoms with Crippen molar-refractivity contribution in [2.45, 2.75) is 44.4 Å². The highest BCUT2D eigenvalue weighted by Gasteiger charge is 2.28. The van der Waals surface area contributed by atoms with E-state index in [9.17, 15) is 0 Å². The Morgan fingerprint density at radius 2 is 1.76 bits per heavy atom. The zero-order chi connectivity index (χ0) is 13.5. The Balaban J connectivity index is 5.20. The average Bonchev–Trinajstić information content (AvgIpc) is 2.21. The van der Waals surface area contributed by atoms with Crippen LogP contribution in [0.5, 0.6) is 0 Å². The fourth-order valence-electron chi connectivity index (χ4n) is 1.62. The molecule has 0 heterocycles. The van der Waals surface area contributed by atoms with E-state index in [1.165, 1.54) is 0 Å². The van der Waals surface area contributed by atoms with Gasteiger partial charge in [-0.1, -0.05) is 37.7 Å². The monoisotopic (exact) mass is 249 g/mol. The van der Waals surface area contributed by atoms with Crippen molar-refractivity contribution in [1.29, 1.82) is 0 Å². The molecule has 0 aromatic heterocycles. The minimum Gasteiger partial charge on any atom is -0.293 e. The largest absolute Gasteiger partial charge is 0.293 e. The van der Waals surface area contributed by atoms with E-state index in [-0.39, 0.29) is 5.54 Å². The van der Waals surface area contributed by atoms with Gasteiger partial charge < -0.3 is 0 Å². The molecule has 0 spiro atoms. The first-order chi connectivity index (χ1) is 7.77. The van der Waals surface area contributed by atoms with Crippen LogP contribution < -0.4 is 0 Å². The Morgan fingerprint density at radius 3 is 2.12 bits per heavy atom. The van der Waals surface area contributed by atoms with Crippen molar-refractivity contribution in [3.05, 3.63) is 25.3 Å². The number of hydrogen-bond donors (Lipinski definition) is 0. The second-order valence-corrected chi connectivity index (χ2v) is 10.5. The van der Waals surface area contributed by atoms with Crippen LogP contribution in [0.4, 0.5) is 0 Å². The Kier molecular flexibility index (Phi) is 6.52. The molecule has 0 aromatic rings. The van der Waals surface area contributed by atoms with E-state index in [2.05, 4.69) is 63.3 Å². The topological polar surface area (TPSA) is 3.24 Å². The zero-order valence-electron chi connectivity index (χ0n) is 12.1. The predicted octanol–water partition coefficient (Wildman–Crippen LogP) is 3.71. The molecule has 1 atom stereocenters. The van der Waals surface area contributed by atoms with E-state index >= 15 is 0 Å². The molecule has 0 radical (unpaired) electrons. The average molecular weight is 249 g/mol. The Labute approximate surface area is 109 Å². The van der Waals surface area contributed by atoms with Gasteiger partial charge in [-0.05, 0) is 33.4 Å². The highest BCUT2D eigenvalue weighted by molar-refractivity contribution is 6.83. The summed E-state index contributed by atoms with van der Waals surface area (Å²) in [7, 11) is 2.88. The number of rotatable bonds is 6. The maximum absolute atomic E-state index is 3.87. The summed E-state index contributed by atoms with van der Waals surface area (Å²) >= 11 is 0. The number of nitrogens with zero attached hydrogens (tertiary/aromatic N) is 1. The second kappa shape index (κ2) is 6.83. The van der Waals surface area contributed by atoms with Crippen LogP contribution in [0.2, 0.25) is 19.6 Å². The molecule has 0 saturated carbocycles. The van der Waals surface area contributed by atoms with Crippen LogP contribution in [0.1, 0.15) is 19.3 Å². The first-order valence-electron chi connectivity index (χ1n) is 6.21. The van der Waals surface area contributed by atoms with Gasteiger partial charge in [-0.25, -0.2) is 0 Å². The molecule has 0 fully saturated rings. The van der Waals surface area contributed by atoms with Gasteiger partial charge in [0.05, 0.1) is 5.54 Å². The molecule has 0 bridgehead atoms. The molecule has 0 rings (SSSR count). The molecule has 2 heteroatoms. The summed E-state index contributed by atoms with van der Waals surface area (Å²) in [5, 5.41) is 0. The van der Waals surface area contributed by atoms with Crippen LogP contribution in [0.3, 0.4) is 0 Å². The first-order valence-corrected chi connectivity index (χ1v) is 9.71. The minimum absolute atomic E-state index is 0.0732. The third-order valence-electron chi connectivity index (χ3n) is 2.77. The minimum atomic E-state index is -1.33. The maximum Gasteiger partial charge on any atom is 0.129 e. The van der Waals surface area contributed by atoms with E-state index < -0.39 is 8.07 Å². The SMILES string of the molecule is C=CCCC(C#C[Si](C)(C)C)(CC=C)N(C)C. The van der Waals surface area contributed by atoms with Gasteiger partial charge in [0.2, 0.25) is 0 Å². The van der Waals surface area contributed by atoms with Crippen molar-refractivity contribution in [2.75, 3.05) is 14.1 Å². The second-order valence-electron chi connectivity index (χ2n) is 5.75. The van der Waals surface area contributed by atoms with Crippen LogP contribution in [0.15, 0.2) is 25.3 Å². The Hall–Kier alpha value is -0.783. The lowest BCUT2D eigenvalue weighted by Gasteiger charge is -2.35. The van der Waals surface area contributed by atoms with Gasteiger partial charge >= 0.3 is 0 Å². The number of hydrogen-bond acceptors (Lipinski definition) is 1. The summed E-state index contributed by atoms with van der Waals surface area (Å²) in [5.74, 6) is 3.53. The first kappa shape index (κ1) is 16.2. The summed E-state index contributed by atoms with van der Waals surface area (Å²) in [5.41, 5.74) is 3.43. The molecule has 1 unspecified atom stereocenters. The maximum atomic E-state index is 3.87. The lowest BCUT2D eigenvalue weighted by Crippen LogP contribution is -2.43. The third-order valence-corrected chi connectivity index (χ3v) is 3.65. The van der Waals surface area contributed by atoms with E-state index in [0.717, 1.165) is 19.3 Å². The summed E-state index contributed by atoms with van der Waals surface area (Å²) in [6, 6.07) is 0. The van der Waals surface area contributed by atoms with E-state index in [4.69, 9.17) is 0 Å². The van der Waals surface area contributed by atoms with E-state index in [1.807, 2.05) is 12.2 Å². The van der Waals surface area contributed by atoms with Gasteiger partial charge in [0.1, 0.15) is 8.07 Å². The molecular weight excluding hydrogens is 222 g/mol.